The van der Waals surface area contributed by atoms with Crippen molar-refractivity contribution in [1.29, 1.82) is 0 Å². The molecule has 6 atom stereocenters. The first-order valence-corrected chi connectivity index (χ1v) is 20.7. The van der Waals surface area contributed by atoms with Crippen LogP contribution in [0.2, 0.25) is 0 Å². The van der Waals surface area contributed by atoms with E-state index in [2.05, 4.69) is 24.8 Å². The fourth-order valence-electron chi connectivity index (χ4n) is 6.79. The Kier molecular flexibility index (Phi) is 16.7. The number of morpholine rings is 2. The van der Waals surface area contributed by atoms with Crippen LogP contribution in [-0.4, -0.2) is 188 Å². The zero-order chi connectivity index (χ0) is 41.7. The van der Waals surface area contributed by atoms with E-state index in [1.165, 1.54) is 4.90 Å². The molecule has 7 amide bonds. The van der Waals surface area contributed by atoms with E-state index in [0.29, 0.717) is 49.1 Å². The second-order valence-electron chi connectivity index (χ2n) is 14.7. The van der Waals surface area contributed by atoms with Crippen molar-refractivity contribution in [2.24, 2.45) is 0 Å². The van der Waals surface area contributed by atoms with Gasteiger partial charge >= 0.3 is 58.1 Å². The van der Waals surface area contributed by atoms with Crippen molar-refractivity contribution < 1.29 is 112 Å². The fourth-order valence-corrected chi connectivity index (χ4v) is 7.56. The molecule has 58 heavy (non-hydrogen) atoms. The van der Waals surface area contributed by atoms with Crippen LogP contribution in [0.25, 0.3) is 0 Å². The number of nitrogens with one attached hydrogen (secondary N) is 3. The normalized spacial score (nSPS) is 27.4. The largest absolute Gasteiger partial charge is 1.00 e. The molecule has 4 bridgehead atoms. The molecule has 0 aromatic carbocycles. The van der Waals surface area contributed by atoms with E-state index in [9.17, 15) is 45.4 Å². The van der Waals surface area contributed by atoms with Gasteiger partial charge in [0.25, 0.3) is 11.8 Å². The molecule has 0 aromatic rings. The second-order valence-corrected chi connectivity index (χ2v) is 16.6. The van der Waals surface area contributed by atoms with Gasteiger partial charge in [0, 0.05) is 32.7 Å². The molecule has 0 aliphatic carbocycles. The summed E-state index contributed by atoms with van der Waals surface area (Å²) in [4.78, 5) is 75.7. The summed E-state index contributed by atoms with van der Waals surface area (Å²) in [5.74, 6) is -1.12. The number of carbonyl (C=O) groups is 5. The summed E-state index contributed by atoms with van der Waals surface area (Å²) in [6.07, 6.45) is 0.0483. The van der Waals surface area contributed by atoms with Gasteiger partial charge in [-0.2, -0.15) is 22.8 Å². The Hall–Kier alpha value is -2.71. The Morgan fingerprint density at radius 3 is 1.83 bits per heavy atom. The molecule has 6 heterocycles. The minimum atomic E-state index is -5.06. The van der Waals surface area contributed by atoms with Gasteiger partial charge < -0.3 is 38.8 Å². The molecule has 6 rings (SSSR count). The predicted octanol–water partition coefficient (Wildman–Crippen LogP) is -5.64. The number of carbonyl (C=O) groups excluding carboxylic acids is 5. The summed E-state index contributed by atoms with van der Waals surface area (Å²) < 4.78 is 87.7. The van der Waals surface area contributed by atoms with Crippen LogP contribution in [0.3, 0.4) is 0 Å². The number of hydrogen-bond acceptors (Lipinski definition) is 18. The topological polar surface area (TPSA) is 314 Å². The van der Waals surface area contributed by atoms with E-state index < -0.39 is 86.6 Å². The smallest absolute Gasteiger partial charge is 0.724 e. The van der Waals surface area contributed by atoms with Crippen LogP contribution in [0, 0.1) is 0 Å². The number of amides is 7. The molecular weight excluding hydrogens is 835 g/mol. The first-order valence-electron chi connectivity index (χ1n) is 18.0. The average Bonchev–Trinajstić information content (AvgIpc) is 3.49. The number of ether oxygens (including phenoxy) is 3. The molecule has 0 spiro atoms. The molecule has 324 valence electrons. The molecule has 6 saturated heterocycles. The Morgan fingerprint density at radius 1 is 0.828 bits per heavy atom. The molecule has 6 fully saturated rings. The maximum atomic E-state index is 12.5. The number of piperidine rings is 2. The molecule has 26 nitrogen and oxygen atoms in total. The van der Waals surface area contributed by atoms with E-state index in [4.69, 9.17) is 28.4 Å². The number of urea groups is 2. The van der Waals surface area contributed by atoms with Gasteiger partial charge in [0.1, 0.15) is 37.0 Å². The minimum Gasteiger partial charge on any atom is -0.724 e. The Labute approximate surface area is 356 Å². The third-order valence-corrected chi connectivity index (χ3v) is 9.97. The summed E-state index contributed by atoms with van der Waals surface area (Å²) >= 11 is 0. The zero-order valence-corrected chi connectivity index (χ0v) is 35.9. The number of rotatable bonds is 12. The van der Waals surface area contributed by atoms with E-state index in [1.54, 1.807) is 20.8 Å². The average molecular weight is 883 g/mol. The van der Waals surface area contributed by atoms with E-state index in [1.807, 2.05) is 0 Å². The Morgan fingerprint density at radius 2 is 1.34 bits per heavy atom. The summed E-state index contributed by atoms with van der Waals surface area (Å²) in [6.45, 7) is 8.44. The van der Waals surface area contributed by atoms with Crippen molar-refractivity contribution in [2.75, 3.05) is 65.7 Å². The SMILES string of the molecule is CC(C)(C)OC(=O)N1CCOC(CONC(=O)[C@@H]2CC[C@@H]3CN2C(=O)N3OS(=O)(=O)O)C1.O=C(NOCC1CNCCO1)[C@@H]1CC[C@@H]2CN1C(=O)N2OS(=O)(=O)[O-].[Na+]. The molecule has 0 saturated carbocycles. The van der Waals surface area contributed by atoms with E-state index >= 15 is 0 Å². The first-order chi connectivity index (χ1) is 26.7. The summed E-state index contributed by atoms with van der Waals surface area (Å²) in [7, 11) is -9.92. The van der Waals surface area contributed by atoms with Gasteiger partial charge in [0.05, 0.1) is 37.9 Å². The van der Waals surface area contributed by atoms with Gasteiger partial charge in [-0.25, -0.2) is 33.8 Å². The van der Waals surface area contributed by atoms with Gasteiger partial charge in [-0.3, -0.25) is 23.8 Å². The van der Waals surface area contributed by atoms with Gasteiger partial charge in [-0.05, 0) is 46.5 Å². The van der Waals surface area contributed by atoms with Crippen molar-refractivity contribution in [2.45, 2.75) is 88.4 Å². The van der Waals surface area contributed by atoms with Crippen LogP contribution < -0.4 is 45.8 Å². The van der Waals surface area contributed by atoms with Crippen molar-refractivity contribution in [3.63, 3.8) is 0 Å². The van der Waals surface area contributed by atoms with Crippen molar-refractivity contribution in [3.8, 4) is 0 Å². The number of hydrogen-bond donors (Lipinski definition) is 4. The van der Waals surface area contributed by atoms with Crippen LogP contribution in [0.5, 0.6) is 0 Å². The van der Waals surface area contributed by atoms with Crippen molar-refractivity contribution in [1.82, 2.24) is 41.1 Å². The fraction of sp³-hybridized carbons (Fsp3) is 0.828. The molecule has 29 heteroatoms. The number of fused-ring (bicyclic) bond motifs is 4. The third-order valence-electron chi connectivity index (χ3n) is 9.28. The maximum absolute atomic E-state index is 12.5. The molecule has 0 aromatic heterocycles. The number of nitrogens with zero attached hydrogens (tertiary/aromatic N) is 5. The van der Waals surface area contributed by atoms with Gasteiger partial charge in [-0.1, -0.05) is 0 Å². The monoisotopic (exact) mass is 882 g/mol. The van der Waals surface area contributed by atoms with Crippen LogP contribution >= 0.6 is 0 Å². The standard InChI is InChI=1S/C17H28N4O10S.C12H20N4O8S.Na/c1-17(2,3)30-16(24)19-6-7-28-12(9-19)10-29-18-14(22)13-5-4-11-8-20(13)15(23)21(11)31-32(25,26)27;17-11(14-23-7-9-5-13-3-4-22-9)10-2-1-8-6-15(10)12(18)16(8)24-25(19,20)21;/h11-13H,4-10H2,1-3H3,(H,18,22)(H,25,26,27);8-10,13H,1-7H2,(H,14,17)(H,19,20,21);/q;;+1/p-1/t11-,12?,13+;8-,9?,10+;/m11./s1. The molecule has 4 N–H and O–H groups in total. The summed E-state index contributed by atoms with van der Waals surface area (Å²) in [6, 6.07) is -4.56. The molecule has 0 radical (unpaired) electrons. The molecule has 6 aliphatic heterocycles. The van der Waals surface area contributed by atoms with E-state index in [-0.39, 0.29) is 81.5 Å². The third kappa shape index (κ3) is 13.4. The second kappa shape index (κ2) is 20.2. The van der Waals surface area contributed by atoms with Crippen molar-refractivity contribution in [3.05, 3.63) is 0 Å². The Balaban J connectivity index is 0.000000259. The molecule has 6 aliphatic rings. The van der Waals surface area contributed by atoms with Gasteiger partial charge in [0.15, 0.2) is 0 Å². The summed E-state index contributed by atoms with van der Waals surface area (Å²) in [5.41, 5.74) is 3.94. The molecular formula is C29H47N8NaO18S2. The first kappa shape index (κ1) is 48.0. The van der Waals surface area contributed by atoms with Crippen LogP contribution in [-0.2, 0) is 62.8 Å². The summed E-state index contributed by atoms with van der Waals surface area (Å²) in [5, 5.41) is 4.21. The Bertz CT molecular complexity index is 1720. The van der Waals surface area contributed by atoms with Gasteiger partial charge in [0.2, 0.25) is 10.4 Å². The van der Waals surface area contributed by atoms with Crippen LogP contribution in [0.4, 0.5) is 14.4 Å². The van der Waals surface area contributed by atoms with E-state index in [0.717, 1.165) is 16.3 Å². The van der Waals surface area contributed by atoms with Crippen molar-refractivity contribution >= 4 is 50.8 Å². The van der Waals surface area contributed by atoms with Gasteiger partial charge in [-0.15, -0.1) is 4.28 Å². The number of hydroxylamine groups is 6. The quantitative estimate of drug-likeness (QED) is 0.0614. The van der Waals surface area contributed by atoms with Crippen LogP contribution in [0.1, 0.15) is 46.5 Å². The zero-order valence-electron chi connectivity index (χ0n) is 32.3. The molecule has 2 unspecified atom stereocenters. The maximum Gasteiger partial charge on any atom is 1.00 e. The predicted molar refractivity (Wildman–Crippen MR) is 183 cm³/mol. The van der Waals surface area contributed by atoms with Crippen LogP contribution in [0.15, 0.2) is 0 Å². The minimum absolute atomic E-state index is 0.